The second kappa shape index (κ2) is 9.36. The Kier molecular flexibility index (Phi) is 7.54. The van der Waals surface area contributed by atoms with E-state index in [1.54, 1.807) is 27.8 Å². The van der Waals surface area contributed by atoms with Crippen molar-refractivity contribution in [1.82, 2.24) is 10.2 Å². The first kappa shape index (κ1) is 24.2. The van der Waals surface area contributed by atoms with Crippen LogP contribution in [0.3, 0.4) is 0 Å². The van der Waals surface area contributed by atoms with Gasteiger partial charge in [-0.15, -0.1) is 11.3 Å². The van der Waals surface area contributed by atoms with Crippen LogP contribution in [0.15, 0.2) is 16.1 Å². The van der Waals surface area contributed by atoms with E-state index in [1.165, 1.54) is 6.07 Å². The van der Waals surface area contributed by atoms with Crippen molar-refractivity contribution in [3.05, 3.63) is 16.5 Å². The highest BCUT2D eigenvalue weighted by atomic mass is 32.1. The maximum atomic E-state index is 12.8. The van der Waals surface area contributed by atoms with Crippen molar-refractivity contribution in [3.63, 3.8) is 0 Å². The molecule has 1 saturated carbocycles. The average Bonchev–Trinajstić information content (AvgIpc) is 3.19. The van der Waals surface area contributed by atoms with E-state index in [2.05, 4.69) is 22.0 Å². The lowest BCUT2D eigenvalue weighted by atomic mass is 10.1. The zero-order valence-electron chi connectivity index (χ0n) is 18.0. The van der Waals surface area contributed by atoms with Gasteiger partial charge in [-0.2, -0.15) is 13.2 Å². The van der Waals surface area contributed by atoms with Crippen LogP contribution in [0.1, 0.15) is 50.5 Å². The van der Waals surface area contributed by atoms with Crippen LogP contribution in [0, 0.1) is 0 Å². The standard InChI is InChI=1S/C20H29F3N4O2S/c1-19(2,3)29-18(28)26-12-7-8-13(9-12)27(6)16(24-4)15-10-14(11-20(21,22)23)30-17(15)25-5/h10,12-13H,5,7-9,11H2,1-4,6H3,(H,26,28)/b24-16+/t12-,13?/m0/s1. The summed E-state index contributed by atoms with van der Waals surface area (Å²) in [6, 6.07) is 1.53. The zero-order valence-corrected chi connectivity index (χ0v) is 18.8. The number of amides is 1. The Morgan fingerprint density at radius 3 is 2.57 bits per heavy atom. The van der Waals surface area contributed by atoms with Gasteiger partial charge in [0.2, 0.25) is 0 Å². The number of rotatable bonds is 5. The van der Waals surface area contributed by atoms with Crippen molar-refractivity contribution in [3.8, 4) is 0 Å². The molecule has 1 aliphatic carbocycles. The number of carbonyl (C=O) groups excluding carboxylic acids is 1. The Labute approximate surface area is 179 Å². The van der Waals surface area contributed by atoms with Crippen molar-refractivity contribution >= 4 is 35.0 Å². The maximum absolute atomic E-state index is 12.8. The fourth-order valence-corrected chi connectivity index (χ4v) is 4.54. The number of alkyl halides is 3. The van der Waals surface area contributed by atoms with Crippen molar-refractivity contribution in [2.45, 2.75) is 70.3 Å². The van der Waals surface area contributed by atoms with Crippen LogP contribution in [0.2, 0.25) is 0 Å². The van der Waals surface area contributed by atoms with Gasteiger partial charge >= 0.3 is 12.3 Å². The third kappa shape index (κ3) is 6.72. The second-order valence-corrected chi connectivity index (χ2v) is 9.46. The molecular weight excluding hydrogens is 417 g/mol. The molecule has 1 aromatic rings. The number of hydrogen-bond acceptors (Lipinski definition) is 5. The first-order valence-corrected chi connectivity index (χ1v) is 10.5. The molecule has 0 radical (unpaired) electrons. The summed E-state index contributed by atoms with van der Waals surface area (Å²) in [6.07, 6.45) is -3.47. The molecule has 1 fully saturated rings. The van der Waals surface area contributed by atoms with E-state index >= 15 is 0 Å². The second-order valence-electron chi connectivity index (χ2n) is 8.35. The van der Waals surface area contributed by atoms with Gasteiger partial charge in [-0.25, -0.2) is 4.79 Å². The number of halogens is 3. The van der Waals surface area contributed by atoms with E-state index in [1.807, 2.05) is 11.9 Å². The van der Waals surface area contributed by atoms with E-state index in [9.17, 15) is 18.0 Å². The highest BCUT2D eigenvalue weighted by Crippen LogP contribution is 2.36. The summed E-state index contributed by atoms with van der Waals surface area (Å²) in [5, 5.41) is 3.31. The van der Waals surface area contributed by atoms with Gasteiger partial charge in [0.05, 0.1) is 12.0 Å². The fourth-order valence-electron chi connectivity index (χ4n) is 3.55. The third-order valence-electron chi connectivity index (χ3n) is 4.74. The topological polar surface area (TPSA) is 66.3 Å². The van der Waals surface area contributed by atoms with Crippen LogP contribution < -0.4 is 5.32 Å². The van der Waals surface area contributed by atoms with E-state index in [4.69, 9.17) is 4.74 Å². The smallest absolute Gasteiger partial charge is 0.407 e. The van der Waals surface area contributed by atoms with Crippen LogP contribution in [0.5, 0.6) is 0 Å². The molecule has 2 atom stereocenters. The van der Waals surface area contributed by atoms with Crippen LogP contribution in [-0.2, 0) is 11.2 Å². The molecule has 10 heteroatoms. The number of alkyl carbamates (subject to hydrolysis) is 1. The van der Waals surface area contributed by atoms with Crippen molar-refractivity contribution in [2.75, 3.05) is 14.1 Å². The van der Waals surface area contributed by atoms with Gasteiger partial charge in [-0.1, -0.05) is 0 Å². The van der Waals surface area contributed by atoms with Crippen LogP contribution in [0.4, 0.5) is 23.0 Å². The Morgan fingerprint density at radius 2 is 2.03 bits per heavy atom. The molecule has 1 unspecified atom stereocenters. The lowest BCUT2D eigenvalue weighted by molar-refractivity contribution is -0.126. The lowest BCUT2D eigenvalue weighted by Crippen LogP contribution is -2.40. The molecule has 1 amide bonds. The summed E-state index contributed by atoms with van der Waals surface area (Å²) in [6.45, 7) is 8.91. The van der Waals surface area contributed by atoms with Gasteiger partial charge in [0.15, 0.2) is 0 Å². The van der Waals surface area contributed by atoms with Crippen LogP contribution in [-0.4, -0.2) is 61.5 Å². The van der Waals surface area contributed by atoms with Crippen LogP contribution in [0.25, 0.3) is 0 Å². The number of aliphatic imine (C=N–C) groups is 2. The SMILES string of the molecule is C=Nc1sc(CC(F)(F)F)cc1/C(=N\C)N(C)C1CC[C@H](NC(=O)OC(C)(C)C)C1. The van der Waals surface area contributed by atoms with Gasteiger partial charge in [0, 0.05) is 31.1 Å². The zero-order chi connectivity index (χ0) is 22.7. The summed E-state index contributed by atoms with van der Waals surface area (Å²) in [5.41, 5.74) is -0.0231. The molecule has 0 saturated heterocycles. The number of nitrogens with one attached hydrogen (secondary N) is 1. The Hall–Kier alpha value is -2.10. The molecule has 0 spiro atoms. The number of hydrogen-bond donors (Lipinski definition) is 1. The van der Waals surface area contributed by atoms with E-state index in [0.29, 0.717) is 22.8 Å². The molecule has 1 aromatic heterocycles. The largest absolute Gasteiger partial charge is 0.444 e. The molecule has 1 heterocycles. The Balaban J connectivity index is 2.10. The minimum Gasteiger partial charge on any atom is -0.444 e. The number of carbonyl (C=O) groups is 1. The molecule has 2 rings (SSSR count). The quantitative estimate of drug-likeness (QED) is 0.515. The molecule has 1 aliphatic rings. The average molecular weight is 447 g/mol. The number of amidine groups is 1. The molecule has 0 bridgehead atoms. The van der Waals surface area contributed by atoms with Gasteiger partial charge in [0.25, 0.3) is 0 Å². The Morgan fingerprint density at radius 1 is 1.37 bits per heavy atom. The Bertz CT molecular complexity index is 799. The first-order chi connectivity index (χ1) is 13.8. The minimum atomic E-state index is -4.29. The van der Waals surface area contributed by atoms with Crippen molar-refractivity contribution < 1.29 is 22.7 Å². The van der Waals surface area contributed by atoms with Gasteiger partial charge in [-0.05, 0) is 52.8 Å². The minimum absolute atomic E-state index is 0.0364. The molecule has 0 aliphatic heterocycles. The summed E-state index contributed by atoms with van der Waals surface area (Å²) < 4.78 is 43.7. The lowest BCUT2D eigenvalue weighted by Gasteiger charge is -2.28. The number of thiophene rings is 1. The molecule has 0 aromatic carbocycles. The molecular formula is C20H29F3N4O2S. The summed E-state index contributed by atoms with van der Waals surface area (Å²) in [5.74, 6) is 0.560. The summed E-state index contributed by atoms with van der Waals surface area (Å²) in [4.78, 5) is 22.4. The van der Waals surface area contributed by atoms with E-state index < -0.39 is 24.3 Å². The van der Waals surface area contributed by atoms with Gasteiger partial charge < -0.3 is 15.0 Å². The van der Waals surface area contributed by atoms with Crippen molar-refractivity contribution in [2.24, 2.45) is 9.98 Å². The summed E-state index contributed by atoms with van der Waals surface area (Å²) >= 11 is 0.974. The molecule has 6 nitrogen and oxygen atoms in total. The molecule has 30 heavy (non-hydrogen) atoms. The van der Waals surface area contributed by atoms with Gasteiger partial charge in [-0.3, -0.25) is 9.98 Å². The third-order valence-corrected chi connectivity index (χ3v) is 5.81. The van der Waals surface area contributed by atoms with Crippen LogP contribution >= 0.6 is 11.3 Å². The number of ether oxygens (including phenoxy) is 1. The first-order valence-electron chi connectivity index (χ1n) is 9.68. The highest BCUT2D eigenvalue weighted by Gasteiger charge is 2.33. The predicted molar refractivity (Wildman–Crippen MR) is 114 cm³/mol. The normalized spacial score (nSPS) is 20.2. The molecule has 1 N–H and O–H groups in total. The van der Waals surface area contributed by atoms with Crippen molar-refractivity contribution in [1.29, 1.82) is 0 Å². The molecule has 168 valence electrons. The maximum Gasteiger partial charge on any atom is 0.407 e. The summed E-state index contributed by atoms with van der Waals surface area (Å²) in [7, 11) is 3.46. The monoisotopic (exact) mass is 446 g/mol. The highest BCUT2D eigenvalue weighted by molar-refractivity contribution is 7.16. The van der Waals surface area contributed by atoms with E-state index in [0.717, 1.165) is 24.2 Å². The predicted octanol–water partition coefficient (Wildman–Crippen LogP) is 4.94. The van der Waals surface area contributed by atoms with Gasteiger partial charge in [0.1, 0.15) is 16.4 Å². The fraction of sp³-hybridized carbons (Fsp3) is 0.650. The number of nitrogens with zero attached hydrogens (tertiary/aromatic N) is 3. The van der Waals surface area contributed by atoms with E-state index in [-0.39, 0.29) is 17.0 Å².